The average Bonchev–Trinajstić information content (AvgIpc) is 3.62. The highest BCUT2D eigenvalue weighted by molar-refractivity contribution is 6.10. The van der Waals surface area contributed by atoms with E-state index in [1.165, 1.54) is 0 Å². The summed E-state index contributed by atoms with van der Waals surface area (Å²) >= 11 is 0. The van der Waals surface area contributed by atoms with Crippen molar-refractivity contribution in [1.82, 2.24) is 4.57 Å². The molecule has 0 aliphatic carbocycles. The average molecular weight is 708 g/mol. The molecule has 0 saturated carbocycles. The maximum absolute atomic E-state index is 9.52. The highest BCUT2D eigenvalue weighted by atomic mass is 15.1. The highest BCUT2D eigenvalue weighted by Gasteiger charge is 2.18. The SMILES string of the molecule is [2H]c1c([2H])c(N(c2ccccc2)c2ccc3c(c2)c2ccccc2n3-c2ccccc2)c([2H])c([2H])c1-c1ccc2cc(N(c3ccccc3)c3ccccc3)ccc2c1. The molecule has 0 fully saturated rings. The number of hydrogen-bond acceptors (Lipinski definition) is 2. The standard InChI is InChI=1S/C52H37N3/c1-5-15-42(16-6-1)53(43-17-7-2-8-18-43)47-32-29-40-35-39(25-26-41(40)36-47)38-27-30-46(31-28-38)54(44-19-9-3-10-20-44)48-33-34-52-50(37-48)49-23-13-14-24-51(49)55(52)45-21-11-4-12-22-45/h1-37H/i27D,28D,30D,31D. The van der Waals surface area contributed by atoms with Crippen LogP contribution in [0.2, 0.25) is 0 Å². The first-order valence-electron chi connectivity index (χ1n) is 20.4. The van der Waals surface area contributed by atoms with Crippen molar-refractivity contribution in [3.8, 4) is 16.8 Å². The molecule has 0 unspecified atom stereocenters. The number of benzene rings is 9. The van der Waals surface area contributed by atoms with Gasteiger partial charge in [-0.15, -0.1) is 0 Å². The Morgan fingerprint density at radius 3 is 1.47 bits per heavy atom. The van der Waals surface area contributed by atoms with Gasteiger partial charge in [-0.2, -0.15) is 0 Å². The smallest absolute Gasteiger partial charge is 0.0645 e. The Kier molecular flexibility index (Phi) is 7.12. The Balaban J connectivity index is 1.09. The van der Waals surface area contributed by atoms with E-state index >= 15 is 0 Å². The molecule has 3 nitrogen and oxygen atoms in total. The van der Waals surface area contributed by atoms with Gasteiger partial charge in [0, 0.05) is 50.6 Å². The van der Waals surface area contributed by atoms with Crippen molar-refractivity contribution in [2.75, 3.05) is 9.80 Å². The second kappa shape index (κ2) is 13.9. The zero-order valence-electron chi connectivity index (χ0n) is 33.9. The summed E-state index contributed by atoms with van der Waals surface area (Å²) in [5, 5.41) is 4.02. The van der Waals surface area contributed by atoms with Gasteiger partial charge in [-0.3, -0.25) is 0 Å². The Morgan fingerprint density at radius 2 is 0.818 bits per heavy atom. The predicted molar refractivity (Wildman–Crippen MR) is 233 cm³/mol. The van der Waals surface area contributed by atoms with Crippen molar-refractivity contribution in [2.45, 2.75) is 0 Å². The molecule has 1 aromatic heterocycles. The number of hydrogen-bond donors (Lipinski definition) is 0. The van der Waals surface area contributed by atoms with E-state index in [1.54, 1.807) is 0 Å². The van der Waals surface area contributed by atoms with Crippen LogP contribution >= 0.6 is 0 Å². The van der Waals surface area contributed by atoms with Gasteiger partial charge in [0.05, 0.1) is 16.5 Å². The lowest BCUT2D eigenvalue weighted by molar-refractivity contribution is 1.18. The minimum Gasteiger partial charge on any atom is -0.310 e. The normalized spacial score (nSPS) is 12.3. The third-order valence-corrected chi connectivity index (χ3v) is 10.2. The maximum atomic E-state index is 9.52. The van der Waals surface area contributed by atoms with E-state index in [-0.39, 0.29) is 35.4 Å². The summed E-state index contributed by atoms with van der Waals surface area (Å²) in [6, 6.07) is 66.7. The predicted octanol–water partition coefficient (Wildman–Crippen LogP) is 14.5. The van der Waals surface area contributed by atoms with E-state index in [4.69, 9.17) is 0 Å². The number of aromatic nitrogens is 1. The zero-order valence-corrected chi connectivity index (χ0v) is 29.9. The Labute approximate surface area is 326 Å². The van der Waals surface area contributed by atoms with Gasteiger partial charge in [0.1, 0.15) is 0 Å². The first-order chi connectivity index (χ1) is 29.0. The first-order valence-corrected chi connectivity index (χ1v) is 18.4. The second-order valence-electron chi connectivity index (χ2n) is 13.5. The highest BCUT2D eigenvalue weighted by Crippen LogP contribution is 2.41. The van der Waals surface area contributed by atoms with E-state index in [1.807, 2.05) is 126 Å². The maximum Gasteiger partial charge on any atom is 0.0645 e. The van der Waals surface area contributed by atoms with Gasteiger partial charge < -0.3 is 14.4 Å². The van der Waals surface area contributed by atoms with Crippen LogP contribution in [-0.4, -0.2) is 4.57 Å². The lowest BCUT2D eigenvalue weighted by Crippen LogP contribution is -2.09. The van der Waals surface area contributed by atoms with Gasteiger partial charge in [-0.25, -0.2) is 0 Å². The Hall–Kier alpha value is -7.36. The zero-order chi connectivity index (χ0) is 40.0. The van der Waals surface area contributed by atoms with Crippen LogP contribution in [0, 0.1) is 0 Å². The largest absolute Gasteiger partial charge is 0.310 e. The lowest BCUT2D eigenvalue weighted by atomic mass is 10.00. The summed E-state index contributed by atoms with van der Waals surface area (Å²) in [6.45, 7) is 0. The molecule has 55 heavy (non-hydrogen) atoms. The van der Waals surface area contributed by atoms with Gasteiger partial charge in [-0.05, 0) is 125 Å². The minimum absolute atomic E-state index is 0.0982. The molecule has 0 radical (unpaired) electrons. The quantitative estimate of drug-likeness (QED) is 0.156. The Morgan fingerprint density at radius 1 is 0.327 bits per heavy atom. The summed E-state index contributed by atoms with van der Waals surface area (Å²) in [7, 11) is 0. The monoisotopic (exact) mass is 707 g/mol. The van der Waals surface area contributed by atoms with Gasteiger partial charge in [0.25, 0.3) is 0 Å². The lowest BCUT2D eigenvalue weighted by Gasteiger charge is -2.26. The number of nitrogens with zero attached hydrogens (tertiary/aromatic N) is 3. The van der Waals surface area contributed by atoms with Crippen LogP contribution in [0.1, 0.15) is 5.48 Å². The van der Waals surface area contributed by atoms with Crippen molar-refractivity contribution in [2.24, 2.45) is 0 Å². The van der Waals surface area contributed by atoms with E-state index in [0.29, 0.717) is 5.56 Å². The van der Waals surface area contributed by atoms with Crippen molar-refractivity contribution in [3.63, 3.8) is 0 Å². The van der Waals surface area contributed by atoms with Crippen LogP contribution in [0.3, 0.4) is 0 Å². The molecular formula is C52H37N3. The summed E-state index contributed by atoms with van der Waals surface area (Å²) in [5.74, 6) is 0. The molecule has 0 aliphatic rings. The molecule has 9 aromatic carbocycles. The molecule has 1 heterocycles. The third kappa shape index (κ3) is 5.98. The molecule has 0 spiro atoms. The van der Waals surface area contributed by atoms with Crippen LogP contribution in [0.25, 0.3) is 49.4 Å². The van der Waals surface area contributed by atoms with Crippen LogP contribution in [0.15, 0.2) is 224 Å². The van der Waals surface area contributed by atoms with Crippen molar-refractivity contribution >= 4 is 66.7 Å². The van der Waals surface area contributed by atoms with E-state index < -0.39 is 0 Å². The van der Waals surface area contributed by atoms with Crippen molar-refractivity contribution in [3.05, 3.63) is 224 Å². The van der Waals surface area contributed by atoms with Gasteiger partial charge >= 0.3 is 0 Å². The molecule has 0 amide bonds. The second-order valence-corrected chi connectivity index (χ2v) is 13.5. The number of para-hydroxylation sites is 5. The van der Waals surface area contributed by atoms with Gasteiger partial charge in [0.15, 0.2) is 0 Å². The third-order valence-electron chi connectivity index (χ3n) is 10.2. The molecular weight excluding hydrogens is 667 g/mol. The molecule has 3 heteroatoms. The number of rotatable bonds is 8. The fourth-order valence-corrected chi connectivity index (χ4v) is 7.63. The van der Waals surface area contributed by atoms with Crippen LogP contribution in [-0.2, 0) is 0 Å². The van der Waals surface area contributed by atoms with Gasteiger partial charge in [-0.1, -0.05) is 121 Å². The summed E-state index contributed by atoms with van der Waals surface area (Å²) in [4.78, 5) is 4.07. The van der Waals surface area contributed by atoms with Crippen molar-refractivity contribution < 1.29 is 5.48 Å². The number of anilines is 6. The summed E-state index contributed by atoms with van der Waals surface area (Å²) < 4.78 is 40.2. The van der Waals surface area contributed by atoms with E-state index in [0.717, 1.165) is 66.7 Å². The fourth-order valence-electron chi connectivity index (χ4n) is 7.63. The number of fused-ring (bicyclic) bond motifs is 4. The van der Waals surface area contributed by atoms with Crippen LogP contribution in [0.5, 0.6) is 0 Å². The molecule has 10 rings (SSSR count). The van der Waals surface area contributed by atoms with E-state index in [2.05, 4.69) is 88.3 Å². The molecule has 260 valence electrons. The molecule has 0 N–H and O–H groups in total. The van der Waals surface area contributed by atoms with Gasteiger partial charge in [0.2, 0.25) is 0 Å². The summed E-state index contributed by atoms with van der Waals surface area (Å²) in [6.07, 6.45) is 0. The topological polar surface area (TPSA) is 11.4 Å². The first kappa shape index (κ1) is 28.2. The molecule has 0 atom stereocenters. The molecule has 10 aromatic rings. The summed E-state index contributed by atoms with van der Waals surface area (Å²) in [5.41, 5.74) is 8.78. The van der Waals surface area contributed by atoms with Crippen LogP contribution in [0.4, 0.5) is 34.1 Å². The van der Waals surface area contributed by atoms with Crippen LogP contribution < -0.4 is 9.80 Å². The molecule has 0 saturated heterocycles. The van der Waals surface area contributed by atoms with Crippen molar-refractivity contribution in [1.29, 1.82) is 0 Å². The fraction of sp³-hybridized carbons (Fsp3) is 0. The minimum atomic E-state index is -0.117. The Bertz CT molecular complexity index is 3080. The molecule has 0 bridgehead atoms. The van der Waals surface area contributed by atoms with E-state index in [9.17, 15) is 5.48 Å². The molecule has 0 aliphatic heterocycles.